The number of nitrogens with one attached hydrogen (secondary N) is 1. The standard InChI is InChI=1S/C19H14N4O7S/c1-31(28,29)17-7-6-11(8-15(17)23(26)27)19(25)30-10-16(24)12(9-20)18-21-13-4-2-3-5-14(13)22-18/h2-8,24H,10H2,1H3,(H,21,22). The maximum atomic E-state index is 12.2. The number of H-pyrrole nitrogens is 1. The van der Waals surface area contributed by atoms with Crippen LogP contribution < -0.4 is 0 Å². The topological polar surface area (TPSA) is 176 Å². The molecule has 3 rings (SSSR count). The highest BCUT2D eigenvalue weighted by atomic mass is 32.2. The van der Waals surface area contributed by atoms with Crippen molar-refractivity contribution in [1.29, 1.82) is 5.26 Å². The van der Waals surface area contributed by atoms with Crippen LogP contribution in [0.1, 0.15) is 16.2 Å². The second kappa shape index (κ2) is 8.25. The van der Waals surface area contributed by atoms with Gasteiger partial charge in [0.2, 0.25) is 0 Å². The van der Waals surface area contributed by atoms with Gasteiger partial charge in [0.05, 0.1) is 21.5 Å². The Morgan fingerprint density at radius 1 is 1.32 bits per heavy atom. The summed E-state index contributed by atoms with van der Waals surface area (Å²) in [7, 11) is -3.89. The molecule has 3 aromatic rings. The van der Waals surface area contributed by atoms with Crippen molar-refractivity contribution in [3.05, 3.63) is 69.7 Å². The second-order valence-corrected chi connectivity index (χ2v) is 8.31. The molecule has 0 saturated carbocycles. The van der Waals surface area contributed by atoms with Gasteiger partial charge in [0.15, 0.2) is 21.4 Å². The Kier molecular flexibility index (Phi) is 5.71. The number of hydrogen-bond donors (Lipinski definition) is 2. The Morgan fingerprint density at radius 3 is 2.65 bits per heavy atom. The summed E-state index contributed by atoms with van der Waals surface area (Å²) in [4.78, 5) is 29.0. The van der Waals surface area contributed by atoms with Crippen molar-refractivity contribution in [2.45, 2.75) is 4.90 Å². The highest BCUT2D eigenvalue weighted by Crippen LogP contribution is 2.25. The van der Waals surface area contributed by atoms with E-state index in [0.29, 0.717) is 11.0 Å². The number of aromatic amines is 1. The van der Waals surface area contributed by atoms with E-state index in [9.17, 15) is 33.7 Å². The third-order valence-electron chi connectivity index (χ3n) is 4.16. The monoisotopic (exact) mass is 442 g/mol. The molecule has 1 heterocycles. The molecule has 0 bridgehead atoms. The van der Waals surface area contributed by atoms with Crippen molar-refractivity contribution >= 4 is 38.1 Å². The number of benzene rings is 2. The molecule has 0 radical (unpaired) electrons. The van der Waals surface area contributed by atoms with E-state index in [4.69, 9.17) is 4.74 Å². The molecule has 0 aliphatic heterocycles. The predicted molar refractivity (Wildman–Crippen MR) is 108 cm³/mol. The van der Waals surface area contributed by atoms with E-state index in [-0.39, 0.29) is 17.0 Å². The van der Waals surface area contributed by atoms with Crippen LogP contribution in [-0.2, 0) is 14.6 Å². The molecule has 0 saturated heterocycles. The number of nitriles is 1. The number of para-hydroxylation sites is 2. The third kappa shape index (κ3) is 4.51. The van der Waals surface area contributed by atoms with Crippen LogP contribution in [0.5, 0.6) is 0 Å². The van der Waals surface area contributed by atoms with Crippen LogP contribution in [0.3, 0.4) is 0 Å². The number of carbonyl (C=O) groups is 1. The number of sulfone groups is 1. The summed E-state index contributed by atoms with van der Waals surface area (Å²) >= 11 is 0. The molecule has 0 atom stereocenters. The number of aromatic nitrogens is 2. The van der Waals surface area contributed by atoms with Gasteiger partial charge < -0.3 is 14.8 Å². The summed E-state index contributed by atoms with van der Waals surface area (Å²) in [5.41, 5.74) is -0.130. The molecular weight excluding hydrogens is 428 g/mol. The number of nitro groups is 1. The molecule has 0 spiro atoms. The lowest BCUT2D eigenvalue weighted by atomic mass is 10.2. The lowest BCUT2D eigenvalue weighted by Crippen LogP contribution is -2.11. The van der Waals surface area contributed by atoms with Crippen LogP contribution in [0.4, 0.5) is 5.69 Å². The molecule has 0 amide bonds. The minimum absolute atomic E-state index is 0.0744. The average molecular weight is 442 g/mol. The van der Waals surface area contributed by atoms with E-state index >= 15 is 0 Å². The summed E-state index contributed by atoms with van der Waals surface area (Å²) in [6.07, 6.45) is 0.803. The van der Waals surface area contributed by atoms with Gasteiger partial charge in [-0.1, -0.05) is 12.1 Å². The largest absolute Gasteiger partial charge is 0.507 e. The summed E-state index contributed by atoms with van der Waals surface area (Å²) in [6.45, 7) is -0.708. The molecule has 2 N–H and O–H groups in total. The Balaban J connectivity index is 1.84. The number of rotatable bonds is 6. The number of hydrogen-bond acceptors (Lipinski definition) is 9. The van der Waals surface area contributed by atoms with Gasteiger partial charge >= 0.3 is 5.97 Å². The molecule has 158 valence electrons. The third-order valence-corrected chi connectivity index (χ3v) is 5.30. The van der Waals surface area contributed by atoms with Crippen molar-refractivity contribution < 1.29 is 28.0 Å². The van der Waals surface area contributed by atoms with Gasteiger partial charge in [-0.25, -0.2) is 18.2 Å². The van der Waals surface area contributed by atoms with Crippen LogP contribution >= 0.6 is 0 Å². The van der Waals surface area contributed by atoms with Crippen molar-refractivity contribution in [3.63, 3.8) is 0 Å². The number of carbonyl (C=O) groups excluding carboxylic acids is 1. The fourth-order valence-electron chi connectivity index (χ4n) is 2.72. The van der Waals surface area contributed by atoms with E-state index in [1.165, 1.54) is 0 Å². The first kappa shape index (κ1) is 21.5. The van der Waals surface area contributed by atoms with Gasteiger partial charge in [0.25, 0.3) is 5.69 Å². The molecule has 31 heavy (non-hydrogen) atoms. The Labute approximate surface area is 175 Å². The molecule has 1 aromatic heterocycles. The Hall–Kier alpha value is -4.24. The summed E-state index contributed by atoms with van der Waals surface area (Å²) in [5.74, 6) is -1.57. The quantitative estimate of drug-likeness (QED) is 0.191. The van der Waals surface area contributed by atoms with Gasteiger partial charge in [-0.15, -0.1) is 0 Å². The lowest BCUT2D eigenvalue weighted by molar-refractivity contribution is -0.387. The van der Waals surface area contributed by atoms with E-state index in [0.717, 1.165) is 24.5 Å². The highest BCUT2D eigenvalue weighted by molar-refractivity contribution is 7.90. The summed E-state index contributed by atoms with van der Waals surface area (Å²) in [6, 6.07) is 11.5. The zero-order valence-electron chi connectivity index (χ0n) is 15.9. The zero-order chi connectivity index (χ0) is 22.8. The molecule has 11 nitrogen and oxygen atoms in total. The number of ether oxygens (including phenoxy) is 1. The molecule has 0 aliphatic carbocycles. The fourth-order valence-corrected chi connectivity index (χ4v) is 3.54. The number of esters is 1. The van der Waals surface area contributed by atoms with Crippen LogP contribution in [0.25, 0.3) is 16.6 Å². The van der Waals surface area contributed by atoms with Crippen LogP contribution in [0.2, 0.25) is 0 Å². The first-order valence-electron chi connectivity index (χ1n) is 8.54. The fraction of sp³-hybridized carbons (Fsp3) is 0.105. The van der Waals surface area contributed by atoms with Crippen molar-refractivity contribution in [3.8, 4) is 6.07 Å². The Morgan fingerprint density at radius 2 is 2.03 bits per heavy atom. The number of aliphatic hydroxyl groups excluding tert-OH is 1. The molecule has 12 heteroatoms. The molecule has 0 unspecified atom stereocenters. The number of fused-ring (bicyclic) bond motifs is 1. The molecule has 0 aliphatic rings. The number of aliphatic hydroxyl groups is 1. The smallest absolute Gasteiger partial charge is 0.338 e. The average Bonchev–Trinajstić information content (AvgIpc) is 3.15. The predicted octanol–water partition coefficient (Wildman–Crippen LogP) is 2.52. The van der Waals surface area contributed by atoms with Crippen LogP contribution in [0, 0.1) is 21.4 Å². The first-order chi connectivity index (χ1) is 14.6. The van der Waals surface area contributed by atoms with Crippen LogP contribution in [0.15, 0.2) is 53.1 Å². The van der Waals surface area contributed by atoms with Gasteiger partial charge in [-0.3, -0.25) is 10.1 Å². The van der Waals surface area contributed by atoms with Gasteiger partial charge in [0.1, 0.15) is 23.1 Å². The number of allylic oxidation sites excluding steroid dienone is 1. The number of imidazole rings is 1. The minimum atomic E-state index is -3.89. The second-order valence-electron chi connectivity index (χ2n) is 6.32. The molecule has 2 aromatic carbocycles. The maximum absolute atomic E-state index is 12.2. The van der Waals surface area contributed by atoms with E-state index < -0.39 is 43.7 Å². The SMILES string of the molecule is CS(=O)(=O)c1ccc(C(=O)OCC(O)=C(C#N)c2nc3ccccc3[nH]2)cc1[N+](=O)[O-]. The first-order valence-corrected chi connectivity index (χ1v) is 10.4. The van der Waals surface area contributed by atoms with Gasteiger partial charge in [-0.05, 0) is 24.3 Å². The molecular formula is C19H14N4O7S. The zero-order valence-corrected chi connectivity index (χ0v) is 16.7. The highest BCUT2D eigenvalue weighted by Gasteiger charge is 2.25. The van der Waals surface area contributed by atoms with Crippen LogP contribution in [-0.4, -0.2) is 47.2 Å². The Bertz CT molecular complexity index is 1350. The van der Waals surface area contributed by atoms with E-state index in [2.05, 4.69) is 9.97 Å². The summed E-state index contributed by atoms with van der Waals surface area (Å²) < 4.78 is 28.2. The van der Waals surface area contributed by atoms with Crippen molar-refractivity contribution in [2.24, 2.45) is 0 Å². The van der Waals surface area contributed by atoms with Gasteiger partial charge in [-0.2, -0.15) is 5.26 Å². The van der Waals surface area contributed by atoms with E-state index in [1.807, 2.05) is 0 Å². The minimum Gasteiger partial charge on any atom is -0.507 e. The number of nitro benzene ring substituents is 1. The van der Waals surface area contributed by atoms with E-state index in [1.54, 1.807) is 30.3 Å². The van der Waals surface area contributed by atoms with Gasteiger partial charge in [0, 0.05) is 12.3 Å². The molecule has 0 fully saturated rings. The normalized spacial score (nSPS) is 12.1. The summed E-state index contributed by atoms with van der Waals surface area (Å²) in [5, 5.41) is 30.7. The van der Waals surface area contributed by atoms with Crippen molar-refractivity contribution in [1.82, 2.24) is 9.97 Å². The lowest BCUT2D eigenvalue weighted by Gasteiger charge is -2.07. The maximum Gasteiger partial charge on any atom is 0.338 e. The van der Waals surface area contributed by atoms with Crippen molar-refractivity contribution in [2.75, 3.05) is 12.9 Å². The number of nitrogens with zero attached hydrogens (tertiary/aromatic N) is 3.